The molecule has 6 nitrogen and oxygen atoms in total. The third-order valence-corrected chi connectivity index (χ3v) is 2.54. The Labute approximate surface area is 119 Å². The van der Waals surface area contributed by atoms with Gasteiger partial charge in [-0.15, -0.1) is 0 Å². The number of hydrogen-bond donors (Lipinski definition) is 2. The number of rotatable bonds is 7. The summed E-state index contributed by atoms with van der Waals surface area (Å²) in [6.07, 6.45) is 0. The minimum Gasteiger partial charge on any atom is -0.479 e. The summed E-state index contributed by atoms with van der Waals surface area (Å²) in [6.45, 7) is 2.06. The van der Waals surface area contributed by atoms with E-state index in [1.165, 1.54) is 4.90 Å². The number of carbonyl (C=O) groups excluding carboxylic acids is 1. The van der Waals surface area contributed by atoms with Crippen LogP contribution in [0, 0.1) is 11.3 Å². The maximum absolute atomic E-state index is 11.3. The van der Waals surface area contributed by atoms with E-state index in [0.717, 1.165) is 12.1 Å². The van der Waals surface area contributed by atoms with E-state index in [1.807, 2.05) is 30.3 Å². The van der Waals surface area contributed by atoms with Crippen LogP contribution in [0.4, 0.5) is 4.79 Å². The molecule has 0 saturated carbocycles. The molecule has 0 spiro atoms. The molecule has 0 saturated heterocycles. The lowest BCUT2D eigenvalue weighted by atomic mass is 10.2. The van der Waals surface area contributed by atoms with E-state index in [1.54, 1.807) is 14.1 Å². The second-order valence-electron chi connectivity index (χ2n) is 4.39. The quantitative estimate of drug-likeness (QED) is 0.727. The average Bonchev–Trinajstić information content (AvgIpc) is 2.45. The first-order valence-electron chi connectivity index (χ1n) is 6.38. The molecule has 1 aromatic carbocycles. The van der Waals surface area contributed by atoms with Crippen LogP contribution in [0.2, 0.25) is 0 Å². The summed E-state index contributed by atoms with van der Waals surface area (Å²) in [6, 6.07) is 9.39. The number of carbonyl (C=O) groups is 1. The Morgan fingerprint density at radius 1 is 1.30 bits per heavy atom. The van der Waals surface area contributed by atoms with Crippen molar-refractivity contribution in [2.45, 2.75) is 6.54 Å². The van der Waals surface area contributed by atoms with Crippen molar-refractivity contribution in [2.75, 3.05) is 33.8 Å². The first-order valence-corrected chi connectivity index (χ1v) is 6.38. The highest BCUT2D eigenvalue weighted by molar-refractivity contribution is 5.73. The SMILES string of the molecule is CN(C)C(=O)NCCNCc1ccc(OCC#N)cc1. The fraction of sp³-hybridized carbons (Fsp3) is 0.429. The van der Waals surface area contributed by atoms with Crippen molar-refractivity contribution >= 4 is 6.03 Å². The van der Waals surface area contributed by atoms with E-state index < -0.39 is 0 Å². The van der Waals surface area contributed by atoms with Gasteiger partial charge in [-0.2, -0.15) is 5.26 Å². The number of hydrogen-bond acceptors (Lipinski definition) is 4. The van der Waals surface area contributed by atoms with E-state index in [4.69, 9.17) is 10.00 Å². The molecular weight excluding hydrogens is 256 g/mol. The molecule has 0 aliphatic heterocycles. The van der Waals surface area contributed by atoms with E-state index >= 15 is 0 Å². The number of nitrogens with zero attached hydrogens (tertiary/aromatic N) is 2. The third kappa shape index (κ3) is 6.07. The van der Waals surface area contributed by atoms with E-state index in [9.17, 15) is 4.79 Å². The number of amides is 2. The Morgan fingerprint density at radius 3 is 2.60 bits per heavy atom. The van der Waals surface area contributed by atoms with Crippen LogP contribution in [0.5, 0.6) is 5.75 Å². The average molecular weight is 276 g/mol. The van der Waals surface area contributed by atoms with Gasteiger partial charge in [0.25, 0.3) is 0 Å². The van der Waals surface area contributed by atoms with Gasteiger partial charge in [0.2, 0.25) is 0 Å². The first kappa shape index (κ1) is 15.8. The minimum atomic E-state index is -0.0919. The van der Waals surface area contributed by atoms with Gasteiger partial charge < -0.3 is 20.3 Å². The van der Waals surface area contributed by atoms with Gasteiger partial charge in [-0.25, -0.2) is 4.79 Å². The highest BCUT2D eigenvalue weighted by atomic mass is 16.5. The van der Waals surface area contributed by atoms with Crippen molar-refractivity contribution in [3.05, 3.63) is 29.8 Å². The third-order valence-electron chi connectivity index (χ3n) is 2.54. The molecule has 0 bridgehead atoms. The van der Waals surface area contributed by atoms with Crippen molar-refractivity contribution in [2.24, 2.45) is 0 Å². The van der Waals surface area contributed by atoms with Crippen LogP contribution in [0.3, 0.4) is 0 Å². The molecule has 2 amide bonds. The molecule has 108 valence electrons. The number of ether oxygens (including phenoxy) is 1. The van der Waals surface area contributed by atoms with E-state index in [0.29, 0.717) is 18.8 Å². The Balaban J connectivity index is 2.19. The molecule has 6 heteroatoms. The van der Waals surface area contributed by atoms with Crippen LogP contribution in [-0.4, -0.2) is 44.7 Å². The summed E-state index contributed by atoms with van der Waals surface area (Å²) < 4.78 is 5.17. The molecule has 0 aliphatic rings. The molecule has 0 aliphatic carbocycles. The lowest BCUT2D eigenvalue weighted by Gasteiger charge is -2.12. The van der Waals surface area contributed by atoms with E-state index in [-0.39, 0.29) is 12.6 Å². The predicted octanol–water partition coefficient (Wildman–Crippen LogP) is 0.950. The minimum absolute atomic E-state index is 0.0587. The molecule has 0 unspecified atom stereocenters. The molecule has 2 N–H and O–H groups in total. The van der Waals surface area contributed by atoms with Gasteiger partial charge in [-0.05, 0) is 17.7 Å². The molecule has 0 fully saturated rings. The summed E-state index contributed by atoms with van der Waals surface area (Å²) in [5, 5.41) is 14.4. The summed E-state index contributed by atoms with van der Waals surface area (Å²) in [5.74, 6) is 0.688. The largest absolute Gasteiger partial charge is 0.479 e. The smallest absolute Gasteiger partial charge is 0.316 e. The van der Waals surface area contributed by atoms with Crippen molar-refractivity contribution < 1.29 is 9.53 Å². The fourth-order valence-corrected chi connectivity index (χ4v) is 1.47. The highest BCUT2D eigenvalue weighted by Gasteiger charge is 2.00. The fourth-order valence-electron chi connectivity index (χ4n) is 1.47. The van der Waals surface area contributed by atoms with E-state index in [2.05, 4.69) is 10.6 Å². The topological polar surface area (TPSA) is 77.4 Å². The molecule has 0 atom stereocenters. The van der Waals surface area contributed by atoms with Crippen LogP contribution >= 0.6 is 0 Å². The number of benzene rings is 1. The zero-order chi connectivity index (χ0) is 14.8. The summed E-state index contributed by atoms with van der Waals surface area (Å²) >= 11 is 0. The number of nitrogens with one attached hydrogen (secondary N) is 2. The standard InChI is InChI=1S/C14H20N4O2/c1-18(2)14(19)17-9-8-16-11-12-3-5-13(6-4-12)20-10-7-15/h3-6,16H,8-11H2,1-2H3,(H,17,19). The van der Waals surface area contributed by atoms with Crippen LogP contribution in [0.1, 0.15) is 5.56 Å². The van der Waals surface area contributed by atoms with Crippen molar-refractivity contribution in [1.82, 2.24) is 15.5 Å². The maximum Gasteiger partial charge on any atom is 0.316 e. The Hall–Kier alpha value is -2.26. The number of nitriles is 1. The molecule has 1 rings (SSSR count). The van der Waals surface area contributed by atoms with Gasteiger partial charge in [-0.3, -0.25) is 0 Å². The Kier molecular flexibility index (Phi) is 6.93. The zero-order valence-corrected chi connectivity index (χ0v) is 11.8. The Bertz CT molecular complexity index is 451. The van der Waals surface area contributed by atoms with Gasteiger partial charge in [-0.1, -0.05) is 12.1 Å². The summed E-state index contributed by atoms with van der Waals surface area (Å²) in [4.78, 5) is 12.7. The van der Waals surface area contributed by atoms with Crippen molar-refractivity contribution in [1.29, 1.82) is 5.26 Å². The van der Waals surface area contributed by atoms with Gasteiger partial charge in [0.05, 0.1) is 0 Å². The lowest BCUT2D eigenvalue weighted by molar-refractivity contribution is 0.217. The van der Waals surface area contributed by atoms with Crippen molar-refractivity contribution in [3.8, 4) is 11.8 Å². The monoisotopic (exact) mass is 276 g/mol. The summed E-state index contributed by atoms with van der Waals surface area (Å²) in [5.41, 5.74) is 1.12. The second-order valence-corrected chi connectivity index (χ2v) is 4.39. The molecular formula is C14H20N4O2. The zero-order valence-electron chi connectivity index (χ0n) is 11.8. The van der Waals surface area contributed by atoms with Crippen LogP contribution in [0.25, 0.3) is 0 Å². The molecule has 1 aromatic rings. The normalized spacial score (nSPS) is 9.65. The van der Waals surface area contributed by atoms with Gasteiger partial charge in [0.1, 0.15) is 11.8 Å². The molecule has 20 heavy (non-hydrogen) atoms. The van der Waals surface area contributed by atoms with Crippen LogP contribution in [-0.2, 0) is 6.54 Å². The molecule has 0 aromatic heterocycles. The maximum atomic E-state index is 11.3. The van der Waals surface area contributed by atoms with Gasteiger partial charge in [0.15, 0.2) is 6.61 Å². The van der Waals surface area contributed by atoms with Gasteiger partial charge in [0, 0.05) is 33.7 Å². The number of urea groups is 1. The summed E-state index contributed by atoms with van der Waals surface area (Å²) in [7, 11) is 3.41. The molecule has 0 heterocycles. The Morgan fingerprint density at radius 2 is 2.00 bits per heavy atom. The van der Waals surface area contributed by atoms with Gasteiger partial charge >= 0.3 is 6.03 Å². The second kappa shape index (κ2) is 8.77. The lowest BCUT2D eigenvalue weighted by Crippen LogP contribution is -2.38. The molecule has 0 radical (unpaired) electrons. The van der Waals surface area contributed by atoms with Crippen LogP contribution in [0.15, 0.2) is 24.3 Å². The van der Waals surface area contributed by atoms with Crippen LogP contribution < -0.4 is 15.4 Å². The first-order chi connectivity index (χ1) is 9.63. The predicted molar refractivity (Wildman–Crippen MR) is 76.3 cm³/mol. The highest BCUT2D eigenvalue weighted by Crippen LogP contribution is 2.11. The van der Waals surface area contributed by atoms with Crippen molar-refractivity contribution in [3.63, 3.8) is 0 Å².